The second kappa shape index (κ2) is 11.0. The van der Waals surface area contributed by atoms with Crippen molar-refractivity contribution in [2.75, 3.05) is 27.9 Å². The number of carbonyl (C=O) groups is 1. The van der Waals surface area contributed by atoms with Crippen molar-refractivity contribution in [3.8, 4) is 23.0 Å². The van der Waals surface area contributed by atoms with Crippen LogP contribution < -0.4 is 29.1 Å². The molecule has 0 unspecified atom stereocenters. The first-order valence-electron chi connectivity index (χ1n) is 11.6. The summed E-state index contributed by atoms with van der Waals surface area (Å²) in [6.07, 6.45) is 1.44. The van der Waals surface area contributed by atoms with Crippen LogP contribution in [-0.4, -0.2) is 48.5 Å². The van der Waals surface area contributed by atoms with Crippen molar-refractivity contribution in [2.45, 2.75) is 19.9 Å². The van der Waals surface area contributed by atoms with E-state index < -0.39 is 33.9 Å². The van der Waals surface area contributed by atoms with Crippen LogP contribution in [0.25, 0.3) is 6.08 Å². The number of methoxy groups -OCH3 is 3. The minimum atomic E-state index is -0.897. The lowest BCUT2D eigenvalue weighted by Crippen LogP contribution is -2.40. The molecule has 1 aliphatic heterocycles. The Bertz CT molecular complexity index is 1690. The Morgan fingerprint density at radius 1 is 1.15 bits per heavy atom. The smallest absolute Gasteiger partial charge is 0.338 e. The molecule has 4 rings (SSSR count). The predicted octanol–water partition coefficient (Wildman–Crippen LogP) is 2.44. The number of hydrogen-bond acceptors (Lipinski definition) is 11. The van der Waals surface area contributed by atoms with Crippen LogP contribution >= 0.6 is 11.3 Å². The number of aromatic nitrogens is 1. The van der Waals surface area contributed by atoms with Gasteiger partial charge in [0.25, 0.3) is 5.56 Å². The molecular weight excluding hydrogens is 530 g/mol. The number of carbonyl (C=O) groups excluding carboxylic acids is 1. The van der Waals surface area contributed by atoms with Crippen molar-refractivity contribution in [2.24, 2.45) is 4.99 Å². The molecular formula is C26H25N3O9S. The molecule has 1 N–H and O–H groups in total. The Morgan fingerprint density at radius 3 is 2.46 bits per heavy atom. The topological polar surface area (TPSA) is 152 Å². The van der Waals surface area contributed by atoms with E-state index in [1.807, 2.05) is 0 Å². The summed E-state index contributed by atoms with van der Waals surface area (Å²) in [7, 11) is 4.24. The fourth-order valence-corrected chi connectivity index (χ4v) is 5.32. The van der Waals surface area contributed by atoms with Gasteiger partial charge in [0.15, 0.2) is 22.0 Å². The maximum absolute atomic E-state index is 13.8. The molecule has 3 aromatic rings. The molecule has 204 valence electrons. The normalized spacial score (nSPS) is 14.9. The first-order chi connectivity index (χ1) is 18.6. The molecule has 2 aromatic carbocycles. The lowest BCUT2D eigenvalue weighted by molar-refractivity contribution is -0.386. The molecule has 0 saturated heterocycles. The molecule has 0 fully saturated rings. The maximum Gasteiger partial charge on any atom is 0.338 e. The molecule has 0 spiro atoms. The number of phenols is 1. The third kappa shape index (κ3) is 4.95. The minimum absolute atomic E-state index is 0.119. The van der Waals surface area contributed by atoms with Crippen LogP contribution in [0, 0.1) is 10.1 Å². The van der Waals surface area contributed by atoms with E-state index >= 15 is 0 Å². The van der Waals surface area contributed by atoms with Gasteiger partial charge in [-0.2, -0.15) is 0 Å². The molecule has 39 heavy (non-hydrogen) atoms. The number of allylic oxidation sites excluding steroid dienone is 1. The van der Waals surface area contributed by atoms with E-state index in [0.29, 0.717) is 27.6 Å². The van der Waals surface area contributed by atoms with E-state index in [1.54, 1.807) is 32.0 Å². The summed E-state index contributed by atoms with van der Waals surface area (Å²) in [5.74, 6) is -0.490. The van der Waals surface area contributed by atoms with Gasteiger partial charge in [0.05, 0.1) is 54.7 Å². The van der Waals surface area contributed by atoms with Crippen LogP contribution in [-0.2, 0) is 9.53 Å². The van der Waals surface area contributed by atoms with Crippen LogP contribution in [0.2, 0.25) is 0 Å². The summed E-state index contributed by atoms with van der Waals surface area (Å²) in [6.45, 7) is 3.46. The van der Waals surface area contributed by atoms with Gasteiger partial charge in [-0.25, -0.2) is 9.79 Å². The fraction of sp³-hybridized carbons (Fsp3) is 0.269. The van der Waals surface area contributed by atoms with E-state index in [9.17, 15) is 24.8 Å². The van der Waals surface area contributed by atoms with Gasteiger partial charge < -0.3 is 24.1 Å². The Morgan fingerprint density at radius 2 is 1.85 bits per heavy atom. The molecule has 13 heteroatoms. The highest BCUT2D eigenvalue weighted by molar-refractivity contribution is 7.07. The van der Waals surface area contributed by atoms with Gasteiger partial charge in [0.2, 0.25) is 5.75 Å². The SMILES string of the molecule is CCOC(=O)C1=C(C)N=c2s/c(=C\c3cc(OC)c(O)c([N+](=O)[O-])c3)c(=O)n2[C@@H]1c1ccc(OC)c(OC)c1. The maximum atomic E-state index is 13.8. The molecule has 0 radical (unpaired) electrons. The Kier molecular flexibility index (Phi) is 7.72. The summed E-state index contributed by atoms with van der Waals surface area (Å²) in [4.78, 5) is 42.4. The summed E-state index contributed by atoms with van der Waals surface area (Å²) in [5.41, 5.74) is 0.317. The number of nitro groups is 1. The molecule has 0 saturated carbocycles. The average Bonchev–Trinajstić information content (AvgIpc) is 3.22. The monoisotopic (exact) mass is 555 g/mol. The number of ether oxygens (including phenoxy) is 4. The quantitative estimate of drug-likeness (QED) is 0.251. The van der Waals surface area contributed by atoms with Gasteiger partial charge in [-0.3, -0.25) is 19.5 Å². The van der Waals surface area contributed by atoms with Crippen LogP contribution in [0.1, 0.15) is 31.0 Å². The van der Waals surface area contributed by atoms with Crippen LogP contribution in [0.4, 0.5) is 5.69 Å². The number of fused-ring (bicyclic) bond motifs is 1. The van der Waals surface area contributed by atoms with Gasteiger partial charge in [-0.1, -0.05) is 17.4 Å². The highest BCUT2D eigenvalue weighted by Gasteiger charge is 2.34. The van der Waals surface area contributed by atoms with Crippen LogP contribution in [0.15, 0.2) is 51.4 Å². The number of esters is 1. The number of nitrogens with zero attached hydrogens (tertiary/aromatic N) is 3. The molecule has 12 nitrogen and oxygen atoms in total. The van der Waals surface area contributed by atoms with E-state index in [2.05, 4.69) is 4.99 Å². The van der Waals surface area contributed by atoms with E-state index in [1.165, 1.54) is 38.0 Å². The largest absolute Gasteiger partial charge is 0.500 e. The average molecular weight is 556 g/mol. The van der Waals surface area contributed by atoms with E-state index in [4.69, 9.17) is 18.9 Å². The number of nitro benzene ring substituents is 1. The number of aromatic hydroxyl groups is 1. The second-order valence-corrected chi connectivity index (χ2v) is 9.27. The van der Waals surface area contributed by atoms with Crippen LogP contribution in [0.3, 0.4) is 0 Å². The van der Waals surface area contributed by atoms with Crippen molar-refractivity contribution in [1.29, 1.82) is 0 Å². The zero-order valence-electron chi connectivity index (χ0n) is 21.7. The van der Waals surface area contributed by atoms with Crippen LogP contribution in [0.5, 0.6) is 23.0 Å². The van der Waals surface area contributed by atoms with Gasteiger partial charge in [0.1, 0.15) is 0 Å². The highest BCUT2D eigenvalue weighted by Crippen LogP contribution is 2.38. The van der Waals surface area contributed by atoms with Crippen molar-refractivity contribution in [3.05, 3.63) is 82.5 Å². The first kappa shape index (κ1) is 27.4. The van der Waals surface area contributed by atoms with Crippen molar-refractivity contribution in [1.82, 2.24) is 4.57 Å². The molecule has 0 bridgehead atoms. The van der Waals surface area contributed by atoms with Gasteiger partial charge in [-0.05, 0) is 49.2 Å². The third-order valence-electron chi connectivity index (χ3n) is 6.03. The molecule has 1 atom stereocenters. The van der Waals surface area contributed by atoms with Crippen molar-refractivity contribution in [3.63, 3.8) is 0 Å². The highest BCUT2D eigenvalue weighted by atomic mass is 32.1. The lowest BCUT2D eigenvalue weighted by Gasteiger charge is -2.25. The molecule has 1 aromatic heterocycles. The Labute approximate surface area is 225 Å². The standard InChI is InChI=1S/C26H25N3O9S/c1-6-38-25(32)21-13(2)27-26-28(22(21)15-7-8-17(35-3)18(12-15)36-4)24(31)20(39-26)11-14-9-16(29(33)34)23(30)19(10-14)37-5/h7-12,22,30H,6H2,1-5H3/b20-11-/t22-/m1/s1. The first-order valence-corrected chi connectivity index (χ1v) is 12.4. The third-order valence-corrected chi connectivity index (χ3v) is 7.01. The summed E-state index contributed by atoms with van der Waals surface area (Å²) in [5, 5.41) is 21.5. The summed E-state index contributed by atoms with van der Waals surface area (Å²) >= 11 is 1.05. The number of phenolic OH excluding ortho intramolecular Hbond substituents is 1. The summed E-state index contributed by atoms with van der Waals surface area (Å²) in [6, 6.07) is 6.68. The molecule has 0 amide bonds. The van der Waals surface area contributed by atoms with Crippen molar-refractivity contribution >= 4 is 29.1 Å². The number of hydrogen-bond donors (Lipinski definition) is 1. The van der Waals surface area contributed by atoms with E-state index in [-0.39, 0.29) is 28.0 Å². The number of rotatable bonds is 8. The molecule has 2 heterocycles. The van der Waals surface area contributed by atoms with Gasteiger partial charge in [0, 0.05) is 6.07 Å². The van der Waals surface area contributed by atoms with Gasteiger partial charge in [-0.15, -0.1) is 0 Å². The molecule has 0 aliphatic carbocycles. The van der Waals surface area contributed by atoms with Crippen molar-refractivity contribution < 1.29 is 33.8 Å². The fourth-order valence-electron chi connectivity index (χ4n) is 4.27. The minimum Gasteiger partial charge on any atom is -0.500 e. The number of thiazole rings is 1. The van der Waals surface area contributed by atoms with Gasteiger partial charge >= 0.3 is 11.7 Å². The Hall–Kier alpha value is -4.65. The molecule has 1 aliphatic rings. The Balaban J connectivity index is 1.99. The summed E-state index contributed by atoms with van der Waals surface area (Å²) < 4.78 is 22.7. The zero-order chi connectivity index (χ0) is 28.4. The zero-order valence-corrected chi connectivity index (χ0v) is 22.5. The predicted molar refractivity (Wildman–Crippen MR) is 141 cm³/mol. The van der Waals surface area contributed by atoms with E-state index in [0.717, 1.165) is 17.4 Å². The second-order valence-electron chi connectivity index (χ2n) is 8.26. The lowest BCUT2D eigenvalue weighted by atomic mass is 9.95. The number of benzene rings is 2.